The van der Waals surface area contributed by atoms with E-state index in [0.29, 0.717) is 11.4 Å². The molecular formula is C19H15FN4OS. The van der Waals surface area contributed by atoms with Crippen LogP contribution in [0.2, 0.25) is 0 Å². The minimum absolute atomic E-state index is 0.192. The number of hydrogen-bond donors (Lipinski definition) is 0. The van der Waals surface area contributed by atoms with Gasteiger partial charge in [0, 0.05) is 17.1 Å². The summed E-state index contributed by atoms with van der Waals surface area (Å²) in [6.45, 7) is 2.28. The number of benzene rings is 1. The molecule has 5 nitrogen and oxygen atoms in total. The zero-order valence-corrected chi connectivity index (χ0v) is 14.8. The van der Waals surface area contributed by atoms with Crippen LogP contribution in [0.1, 0.15) is 10.6 Å². The lowest BCUT2D eigenvalue weighted by Gasteiger charge is -2.05. The first kappa shape index (κ1) is 16.4. The number of aromatic nitrogens is 4. The largest absolute Gasteiger partial charge is 0.268 e. The molecule has 0 atom stereocenters. The summed E-state index contributed by atoms with van der Waals surface area (Å²) in [6.07, 6.45) is 1.74. The zero-order chi connectivity index (χ0) is 18.1. The molecule has 0 N–H and O–H groups in total. The van der Waals surface area contributed by atoms with Crippen molar-refractivity contribution < 1.29 is 4.39 Å². The summed E-state index contributed by atoms with van der Waals surface area (Å²) < 4.78 is 16.3. The Labute approximate surface area is 153 Å². The molecule has 1 aromatic carbocycles. The molecule has 0 unspecified atom stereocenters. The van der Waals surface area contributed by atoms with Crippen LogP contribution in [0.4, 0.5) is 4.39 Å². The molecule has 0 fully saturated rings. The van der Waals surface area contributed by atoms with E-state index >= 15 is 0 Å². The Bertz CT molecular complexity index is 1130. The molecule has 0 saturated heterocycles. The van der Waals surface area contributed by atoms with Gasteiger partial charge in [-0.2, -0.15) is 10.2 Å². The summed E-state index contributed by atoms with van der Waals surface area (Å²) in [5.74, 6) is -0.323. The Morgan fingerprint density at radius 1 is 1.08 bits per heavy atom. The summed E-state index contributed by atoms with van der Waals surface area (Å²) in [5.41, 5.74) is 1.86. The predicted molar refractivity (Wildman–Crippen MR) is 99.2 cm³/mol. The number of rotatable bonds is 4. The fraction of sp³-hybridized carbons (Fsp3) is 0.105. The van der Waals surface area contributed by atoms with E-state index in [1.54, 1.807) is 46.5 Å². The second kappa shape index (κ2) is 6.68. The normalized spacial score (nSPS) is 11.0. The molecule has 0 aliphatic rings. The highest BCUT2D eigenvalue weighted by molar-refractivity contribution is 7.15. The maximum atomic E-state index is 13.4. The van der Waals surface area contributed by atoms with Crippen molar-refractivity contribution in [1.82, 2.24) is 19.6 Å². The highest BCUT2D eigenvalue weighted by atomic mass is 32.1. The lowest BCUT2D eigenvalue weighted by Crippen LogP contribution is -2.23. The third-order valence-electron chi connectivity index (χ3n) is 3.89. The average Bonchev–Trinajstić information content (AvgIpc) is 3.26. The molecule has 0 amide bonds. The van der Waals surface area contributed by atoms with Crippen molar-refractivity contribution in [2.75, 3.05) is 0 Å². The van der Waals surface area contributed by atoms with E-state index < -0.39 is 0 Å². The molecule has 3 heterocycles. The molecule has 0 radical (unpaired) electrons. The molecule has 3 aromatic heterocycles. The van der Waals surface area contributed by atoms with Crippen LogP contribution in [0.25, 0.3) is 16.3 Å². The summed E-state index contributed by atoms with van der Waals surface area (Å²) in [4.78, 5) is 14.4. The van der Waals surface area contributed by atoms with Gasteiger partial charge in [0.1, 0.15) is 11.5 Å². The molecule has 130 valence electrons. The van der Waals surface area contributed by atoms with Crippen LogP contribution in [0.3, 0.4) is 0 Å². The van der Waals surface area contributed by atoms with Gasteiger partial charge >= 0.3 is 0 Å². The number of thiophene rings is 1. The molecule has 0 bridgehead atoms. The topological polar surface area (TPSA) is 52.7 Å². The lowest BCUT2D eigenvalue weighted by molar-refractivity contribution is 0.619. The van der Waals surface area contributed by atoms with Crippen molar-refractivity contribution in [1.29, 1.82) is 0 Å². The van der Waals surface area contributed by atoms with Crippen LogP contribution < -0.4 is 5.56 Å². The van der Waals surface area contributed by atoms with Gasteiger partial charge in [0.05, 0.1) is 22.8 Å². The van der Waals surface area contributed by atoms with E-state index in [4.69, 9.17) is 0 Å². The lowest BCUT2D eigenvalue weighted by atomic mass is 10.3. The average molecular weight is 366 g/mol. The van der Waals surface area contributed by atoms with Gasteiger partial charge in [-0.3, -0.25) is 4.79 Å². The second-order valence-electron chi connectivity index (χ2n) is 5.86. The van der Waals surface area contributed by atoms with Gasteiger partial charge < -0.3 is 0 Å². The van der Waals surface area contributed by atoms with Crippen LogP contribution in [0.15, 0.2) is 65.6 Å². The molecule has 4 aromatic rings. The van der Waals surface area contributed by atoms with E-state index in [1.165, 1.54) is 27.8 Å². The Hall–Kier alpha value is -3.06. The van der Waals surface area contributed by atoms with Gasteiger partial charge in [0.25, 0.3) is 5.56 Å². The van der Waals surface area contributed by atoms with Crippen molar-refractivity contribution in [2.24, 2.45) is 0 Å². The van der Waals surface area contributed by atoms with Crippen molar-refractivity contribution in [3.05, 3.63) is 87.5 Å². The molecule has 0 saturated carbocycles. The van der Waals surface area contributed by atoms with Gasteiger partial charge in [0.2, 0.25) is 0 Å². The zero-order valence-electron chi connectivity index (χ0n) is 14.0. The van der Waals surface area contributed by atoms with Crippen LogP contribution in [0, 0.1) is 12.7 Å². The third-order valence-corrected chi connectivity index (χ3v) is 4.91. The van der Waals surface area contributed by atoms with Gasteiger partial charge in [-0.1, -0.05) is 6.07 Å². The Kier molecular flexibility index (Phi) is 4.22. The summed E-state index contributed by atoms with van der Waals surface area (Å²) in [7, 11) is 0. The Morgan fingerprint density at radius 3 is 2.73 bits per heavy atom. The fourth-order valence-electron chi connectivity index (χ4n) is 2.63. The number of halogens is 1. The number of aryl methyl sites for hydroxylation is 1. The van der Waals surface area contributed by atoms with E-state index in [1.807, 2.05) is 19.1 Å². The predicted octanol–water partition coefficient (Wildman–Crippen LogP) is 3.65. The van der Waals surface area contributed by atoms with Gasteiger partial charge in [-0.05, 0) is 49.4 Å². The summed E-state index contributed by atoms with van der Waals surface area (Å²) in [5, 5.41) is 8.87. The van der Waals surface area contributed by atoms with Crippen molar-refractivity contribution in [3.63, 3.8) is 0 Å². The van der Waals surface area contributed by atoms with Crippen LogP contribution in [-0.2, 0) is 6.54 Å². The van der Waals surface area contributed by atoms with Crippen molar-refractivity contribution in [3.8, 4) is 16.3 Å². The fourth-order valence-corrected chi connectivity index (χ4v) is 3.46. The third kappa shape index (κ3) is 3.34. The van der Waals surface area contributed by atoms with Gasteiger partial charge in [0.15, 0.2) is 0 Å². The van der Waals surface area contributed by atoms with Crippen LogP contribution in [-0.4, -0.2) is 19.6 Å². The van der Waals surface area contributed by atoms with Crippen molar-refractivity contribution >= 4 is 11.3 Å². The monoisotopic (exact) mass is 366 g/mol. The molecule has 26 heavy (non-hydrogen) atoms. The van der Waals surface area contributed by atoms with Crippen LogP contribution in [0.5, 0.6) is 0 Å². The van der Waals surface area contributed by atoms with Gasteiger partial charge in [-0.25, -0.2) is 13.8 Å². The molecule has 0 spiro atoms. The minimum Gasteiger partial charge on any atom is -0.268 e. The molecular weight excluding hydrogens is 351 g/mol. The Morgan fingerprint density at radius 2 is 1.96 bits per heavy atom. The smallest absolute Gasteiger partial charge is 0.267 e. The second-order valence-corrected chi connectivity index (χ2v) is 7.14. The first-order valence-corrected chi connectivity index (χ1v) is 8.86. The highest BCUT2D eigenvalue weighted by Crippen LogP contribution is 2.25. The first-order chi connectivity index (χ1) is 12.6. The van der Waals surface area contributed by atoms with E-state index in [-0.39, 0.29) is 17.9 Å². The van der Waals surface area contributed by atoms with Gasteiger partial charge in [-0.15, -0.1) is 11.3 Å². The quantitative estimate of drug-likeness (QED) is 0.554. The molecule has 0 aliphatic carbocycles. The SMILES string of the molecule is Cc1ccc(-c2ccc(=O)n(Cc3ccn(-c4cccc(F)c4)n3)n2)s1. The standard InChI is InChI=1S/C19H15FN4OS/c1-13-5-7-18(26-13)17-6-8-19(25)24(22-17)12-15-9-10-23(21-15)16-4-2-3-14(20)11-16/h2-11H,12H2,1H3. The van der Waals surface area contributed by atoms with E-state index in [9.17, 15) is 9.18 Å². The first-order valence-electron chi connectivity index (χ1n) is 8.04. The van der Waals surface area contributed by atoms with Crippen molar-refractivity contribution in [2.45, 2.75) is 13.5 Å². The summed E-state index contributed by atoms with van der Waals surface area (Å²) >= 11 is 1.63. The maximum Gasteiger partial charge on any atom is 0.267 e. The number of nitrogens with zero attached hydrogens (tertiary/aromatic N) is 4. The summed E-state index contributed by atoms with van der Waals surface area (Å²) in [6, 6.07) is 15.2. The Balaban J connectivity index is 1.62. The maximum absolute atomic E-state index is 13.4. The highest BCUT2D eigenvalue weighted by Gasteiger charge is 2.08. The van der Waals surface area contributed by atoms with E-state index in [2.05, 4.69) is 10.2 Å². The molecule has 0 aliphatic heterocycles. The molecule has 4 rings (SSSR count). The molecule has 7 heteroatoms. The van der Waals surface area contributed by atoms with E-state index in [0.717, 1.165) is 10.6 Å². The van der Waals surface area contributed by atoms with Crippen LogP contribution >= 0.6 is 11.3 Å². The number of hydrogen-bond acceptors (Lipinski definition) is 4. The minimum atomic E-state index is -0.323.